The monoisotopic (exact) mass is 466 g/mol. The summed E-state index contributed by atoms with van der Waals surface area (Å²) < 4.78 is 16.8. The molecule has 35 heavy (non-hydrogen) atoms. The van der Waals surface area contributed by atoms with Crippen LogP contribution < -0.4 is 10.2 Å². The molecule has 0 aliphatic carbocycles. The van der Waals surface area contributed by atoms with Gasteiger partial charge in [-0.2, -0.15) is 5.10 Å². The normalized spacial score (nSPS) is 12.5. The van der Waals surface area contributed by atoms with E-state index >= 15 is 0 Å². The molecule has 0 bridgehead atoms. The average molecular weight is 466 g/mol. The zero-order chi connectivity index (χ0) is 24.2. The van der Waals surface area contributed by atoms with Gasteiger partial charge in [-0.3, -0.25) is 4.79 Å². The second-order valence-electron chi connectivity index (χ2n) is 7.84. The molecule has 0 unspecified atom stereocenters. The molecule has 1 aliphatic rings. The van der Waals surface area contributed by atoms with Gasteiger partial charge < -0.3 is 13.9 Å². The number of hydrogen-bond acceptors (Lipinski definition) is 6. The fraction of sp³-hybridized carbons (Fsp3) is 0.107. The molecule has 0 radical (unpaired) electrons. The van der Waals surface area contributed by atoms with Crippen LogP contribution in [0.4, 0.5) is 0 Å². The van der Waals surface area contributed by atoms with E-state index in [1.165, 1.54) is 6.21 Å². The predicted octanol–water partition coefficient (Wildman–Crippen LogP) is 5.51. The molecule has 0 atom stereocenters. The van der Waals surface area contributed by atoms with E-state index in [0.29, 0.717) is 35.2 Å². The Hall–Kier alpha value is -4.65. The van der Waals surface area contributed by atoms with E-state index in [4.69, 9.17) is 13.9 Å². The molecule has 7 heteroatoms. The molecule has 1 aromatic heterocycles. The van der Waals surface area contributed by atoms with Gasteiger partial charge in [0.1, 0.15) is 23.0 Å². The highest BCUT2D eigenvalue weighted by Crippen LogP contribution is 2.43. The van der Waals surface area contributed by atoms with Gasteiger partial charge in [-0.15, -0.1) is 0 Å². The van der Waals surface area contributed by atoms with E-state index in [9.17, 15) is 9.59 Å². The average Bonchev–Trinajstić information content (AvgIpc) is 3.36. The standard InChI is InChI=1S/C28H22N2O5/c1-2-33-28(32)19-13-11-18(12-14-19)23-16-15-20(34-23)17-29-30-27(31)26-21-7-3-5-9-24(21)35-25-10-6-4-8-22(25)26/h3-17,26H,2H2,1H3,(H,30,31)/b29-17-. The minimum Gasteiger partial charge on any atom is -0.462 e. The minimum absolute atomic E-state index is 0.272. The number of rotatable bonds is 6. The third-order valence-electron chi connectivity index (χ3n) is 5.62. The second kappa shape index (κ2) is 9.69. The molecule has 3 aromatic carbocycles. The summed E-state index contributed by atoms with van der Waals surface area (Å²) in [5.41, 5.74) is 5.47. The number of esters is 1. The Morgan fingerprint density at radius 1 is 0.914 bits per heavy atom. The van der Waals surface area contributed by atoms with Gasteiger partial charge in [0, 0.05) is 16.7 Å². The summed E-state index contributed by atoms with van der Waals surface area (Å²) in [5, 5.41) is 4.11. The highest BCUT2D eigenvalue weighted by atomic mass is 16.5. The van der Waals surface area contributed by atoms with Crippen molar-refractivity contribution in [3.63, 3.8) is 0 Å². The topological polar surface area (TPSA) is 90.1 Å². The molecule has 1 amide bonds. The zero-order valence-electron chi connectivity index (χ0n) is 18.9. The molecule has 174 valence electrons. The van der Waals surface area contributed by atoms with Crippen LogP contribution in [0.5, 0.6) is 11.5 Å². The number of fused-ring (bicyclic) bond motifs is 2. The number of carbonyl (C=O) groups is 2. The number of ether oxygens (including phenoxy) is 2. The number of nitrogens with one attached hydrogen (secondary N) is 1. The fourth-order valence-corrected chi connectivity index (χ4v) is 3.98. The molecular formula is C28H22N2O5. The van der Waals surface area contributed by atoms with Crippen molar-refractivity contribution in [2.75, 3.05) is 6.61 Å². The Morgan fingerprint density at radius 3 is 2.23 bits per heavy atom. The molecule has 5 rings (SSSR count). The molecule has 2 heterocycles. The molecule has 1 N–H and O–H groups in total. The first kappa shape index (κ1) is 22.2. The summed E-state index contributed by atoms with van der Waals surface area (Å²) in [6, 6.07) is 25.5. The largest absolute Gasteiger partial charge is 0.462 e. The van der Waals surface area contributed by atoms with Crippen molar-refractivity contribution in [2.24, 2.45) is 5.10 Å². The summed E-state index contributed by atoms with van der Waals surface area (Å²) in [7, 11) is 0. The van der Waals surface area contributed by atoms with Crippen LogP contribution in [0, 0.1) is 0 Å². The molecule has 0 spiro atoms. The van der Waals surface area contributed by atoms with E-state index in [0.717, 1.165) is 16.7 Å². The first-order chi connectivity index (χ1) is 17.1. The highest BCUT2D eigenvalue weighted by Gasteiger charge is 2.32. The molecule has 0 fully saturated rings. The lowest BCUT2D eigenvalue weighted by atomic mass is 9.87. The molecule has 7 nitrogen and oxygen atoms in total. The third-order valence-corrected chi connectivity index (χ3v) is 5.62. The van der Waals surface area contributed by atoms with Crippen LogP contribution in [0.2, 0.25) is 0 Å². The lowest BCUT2D eigenvalue weighted by Crippen LogP contribution is -2.28. The quantitative estimate of drug-likeness (QED) is 0.230. The van der Waals surface area contributed by atoms with Crippen molar-refractivity contribution in [3.8, 4) is 22.8 Å². The van der Waals surface area contributed by atoms with Gasteiger partial charge in [-0.25, -0.2) is 10.2 Å². The van der Waals surface area contributed by atoms with Gasteiger partial charge in [0.2, 0.25) is 0 Å². The number of hydrazone groups is 1. The van der Waals surface area contributed by atoms with Gasteiger partial charge >= 0.3 is 5.97 Å². The van der Waals surface area contributed by atoms with E-state index in [1.807, 2.05) is 48.5 Å². The second-order valence-corrected chi connectivity index (χ2v) is 7.84. The lowest BCUT2D eigenvalue weighted by Gasteiger charge is -2.26. The Kier molecular flexibility index (Phi) is 6.13. The van der Waals surface area contributed by atoms with Crippen molar-refractivity contribution >= 4 is 18.1 Å². The number of furan rings is 1. The molecule has 0 saturated heterocycles. The van der Waals surface area contributed by atoms with Crippen LogP contribution in [0.25, 0.3) is 11.3 Å². The molecular weight excluding hydrogens is 444 g/mol. The Morgan fingerprint density at radius 2 is 1.57 bits per heavy atom. The van der Waals surface area contributed by atoms with E-state index in [-0.39, 0.29) is 11.9 Å². The summed E-state index contributed by atoms with van der Waals surface area (Å²) in [4.78, 5) is 24.9. The fourth-order valence-electron chi connectivity index (χ4n) is 3.98. The minimum atomic E-state index is -0.543. The van der Waals surface area contributed by atoms with Gasteiger partial charge in [0.15, 0.2) is 0 Å². The van der Waals surface area contributed by atoms with Gasteiger partial charge in [0.25, 0.3) is 5.91 Å². The molecule has 4 aromatic rings. The summed E-state index contributed by atoms with van der Waals surface area (Å²) in [5.74, 6) is 1.21. The van der Waals surface area contributed by atoms with Crippen molar-refractivity contribution < 1.29 is 23.5 Å². The highest BCUT2D eigenvalue weighted by molar-refractivity contribution is 5.91. The van der Waals surface area contributed by atoms with Crippen LogP contribution in [0.1, 0.15) is 40.1 Å². The predicted molar refractivity (Wildman–Crippen MR) is 131 cm³/mol. The number of nitrogens with zero attached hydrogens (tertiary/aromatic N) is 1. The first-order valence-corrected chi connectivity index (χ1v) is 11.2. The number of amides is 1. The van der Waals surface area contributed by atoms with Crippen LogP contribution in [0.15, 0.2) is 94.4 Å². The van der Waals surface area contributed by atoms with Crippen molar-refractivity contribution in [3.05, 3.63) is 107 Å². The lowest BCUT2D eigenvalue weighted by molar-refractivity contribution is -0.121. The number of carbonyl (C=O) groups excluding carboxylic acids is 2. The van der Waals surface area contributed by atoms with E-state index in [1.54, 1.807) is 43.3 Å². The van der Waals surface area contributed by atoms with E-state index in [2.05, 4.69) is 10.5 Å². The van der Waals surface area contributed by atoms with E-state index < -0.39 is 5.92 Å². The SMILES string of the molecule is CCOC(=O)c1ccc(-c2ccc(/C=N\NC(=O)C3c4ccccc4Oc4ccccc43)o2)cc1. The van der Waals surface area contributed by atoms with Crippen LogP contribution in [-0.2, 0) is 9.53 Å². The summed E-state index contributed by atoms with van der Waals surface area (Å²) in [6.45, 7) is 2.09. The van der Waals surface area contributed by atoms with Crippen LogP contribution >= 0.6 is 0 Å². The maximum Gasteiger partial charge on any atom is 0.338 e. The number of para-hydroxylation sites is 2. The molecule has 1 aliphatic heterocycles. The van der Waals surface area contributed by atoms with Crippen molar-refractivity contribution in [1.82, 2.24) is 5.43 Å². The van der Waals surface area contributed by atoms with Crippen LogP contribution in [0.3, 0.4) is 0 Å². The third kappa shape index (κ3) is 4.56. The summed E-state index contributed by atoms with van der Waals surface area (Å²) >= 11 is 0. The zero-order valence-corrected chi connectivity index (χ0v) is 18.9. The van der Waals surface area contributed by atoms with Gasteiger partial charge in [0.05, 0.1) is 24.3 Å². The van der Waals surface area contributed by atoms with Gasteiger partial charge in [-0.1, -0.05) is 48.5 Å². The Bertz CT molecular complexity index is 1360. The molecule has 0 saturated carbocycles. The number of benzene rings is 3. The van der Waals surface area contributed by atoms with Crippen molar-refractivity contribution in [2.45, 2.75) is 12.8 Å². The van der Waals surface area contributed by atoms with Gasteiger partial charge in [-0.05, 0) is 43.3 Å². The first-order valence-electron chi connectivity index (χ1n) is 11.2. The Labute approximate surface area is 202 Å². The number of hydrogen-bond donors (Lipinski definition) is 1. The maximum absolute atomic E-state index is 13.1. The van der Waals surface area contributed by atoms with Crippen LogP contribution in [-0.4, -0.2) is 24.7 Å². The smallest absolute Gasteiger partial charge is 0.338 e. The maximum atomic E-state index is 13.1. The summed E-state index contributed by atoms with van der Waals surface area (Å²) in [6.07, 6.45) is 1.45. The Balaban J connectivity index is 1.29. The van der Waals surface area contributed by atoms with Crippen molar-refractivity contribution in [1.29, 1.82) is 0 Å².